The van der Waals surface area contributed by atoms with Gasteiger partial charge in [-0.05, 0) is 37.1 Å². The number of halogens is 2. The molecule has 0 saturated heterocycles. The molecule has 1 amide bonds. The van der Waals surface area contributed by atoms with Crippen molar-refractivity contribution in [3.05, 3.63) is 40.3 Å². The van der Waals surface area contributed by atoms with E-state index in [1.165, 1.54) is 9.80 Å². The number of hydrogen-bond donors (Lipinski definition) is 0. The smallest absolute Gasteiger partial charge is 0.262 e. The minimum atomic E-state index is -0.567. The summed E-state index contributed by atoms with van der Waals surface area (Å²) in [6.45, 7) is 4.78. The SMILES string of the molecule is Cc1cc(Cl)c(N2C(=O)C=C(F)N3CCN=C32)cc1C. The van der Waals surface area contributed by atoms with E-state index in [0.717, 1.165) is 17.2 Å². The Kier molecular flexibility index (Phi) is 3.01. The van der Waals surface area contributed by atoms with Crippen LogP contribution in [0.5, 0.6) is 0 Å². The number of amides is 1. The molecular weight excluding hydrogens is 281 g/mol. The van der Waals surface area contributed by atoms with Crippen LogP contribution in [0.25, 0.3) is 0 Å². The topological polar surface area (TPSA) is 35.9 Å². The van der Waals surface area contributed by atoms with Crippen LogP contribution in [0.4, 0.5) is 10.1 Å². The molecule has 1 aromatic rings. The van der Waals surface area contributed by atoms with Crippen LogP contribution in [-0.4, -0.2) is 29.9 Å². The Morgan fingerprint density at radius 3 is 2.75 bits per heavy atom. The number of aliphatic imine (C=N–C) groups is 1. The van der Waals surface area contributed by atoms with Gasteiger partial charge in [0, 0.05) is 6.54 Å². The van der Waals surface area contributed by atoms with Crippen molar-refractivity contribution in [2.45, 2.75) is 13.8 Å². The molecule has 3 rings (SSSR count). The average Bonchev–Trinajstić information content (AvgIpc) is 2.84. The molecule has 20 heavy (non-hydrogen) atoms. The summed E-state index contributed by atoms with van der Waals surface area (Å²) >= 11 is 6.25. The highest BCUT2D eigenvalue weighted by Gasteiger charge is 2.36. The molecule has 0 radical (unpaired) electrons. The van der Waals surface area contributed by atoms with E-state index in [9.17, 15) is 9.18 Å². The van der Waals surface area contributed by atoms with Gasteiger partial charge in [-0.1, -0.05) is 11.6 Å². The predicted octanol–water partition coefficient (Wildman–Crippen LogP) is 2.79. The molecule has 0 saturated carbocycles. The fraction of sp³-hybridized carbons (Fsp3) is 0.286. The first kappa shape index (κ1) is 13.1. The van der Waals surface area contributed by atoms with Crippen LogP contribution < -0.4 is 4.90 Å². The van der Waals surface area contributed by atoms with Crippen LogP contribution in [0.3, 0.4) is 0 Å². The molecule has 0 aliphatic carbocycles. The Labute approximate surface area is 121 Å². The van der Waals surface area contributed by atoms with Crippen LogP contribution >= 0.6 is 11.6 Å². The second-order valence-corrected chi connectivity index (χ2v) is 5.27. The van der Waals surface area contributed by atoms with Gasteiger partial charge in [-0.3, -0.25) is 14.7 Å². The van der Waals surface area contributed by atoms with Crippen LogP contribution in [0.1, 0.15) is 11.1 Å². The molecule has 0 fully saturated rings. The number of rotatable bonds is 1. The van der Waals surface area contributed by atoms with Gasteiger partial charge in [-0.15, -0.1) is 0 Å². The Balaban J connectivity index is 2.14. The van der Waals surface area contributed by atoms with E-state index in [2.05, 4.69) is 4.99 Å². The number of nitrogens with zero attached hydrogens (tertiary/aromatic N) is 3. The number of aryl methyl sites for hydroxylation is 2. The zero-order chi connectivity index (χ0) is 14.4. The molecular formula is C14H13ClFN3O. The summed E-state index contributed by atoms with van der Waals surface area (Å²) in [5, 5.41) is 0.451. The van der Waals surface area contributed by atoms with Crippen molar-refractivity contribution in [2.24, 2.45) is 4.99 Å². The first-order chi connectivity index (χ1) is 9.49. The van der Waals surface area contributed by atoms with Gasteiger partial charge in [-0.2, -0.15) is 4.39 Å². The van der Waals surface area contributed by atoms with E-state index in [1.54, 1.807) is 6.07 Å². The van der Waals surface area contributed by atoms with Crippen molar-refractivity contribution >= 4 is 29.2 Å². The largest absolute Gasteiger partial charge is 0.286 e. The summed E-state index contributed by atoms with van der Waals surface area (Å²) < 4.78 is 13.7. The van der Waals surface area contributed by atoms with Gasteiger partial charge in [0.05, 0.1) is 23.3 Å². The lowest BCUT2D eigenvalue weighted by atomic mass is 10.1. The molecule has 4 nitrogen and oxygen atoms in total. The summed E-state index contributed by atoms with van der Waals surface area (Å²) in [5.74, 6) is -0.729. The zero-order valence-electron chi connectivity index (χ0n) is 11.2. The summed E-state index contributed by atoms with van der Waals surface area (Å²) in [6.07, 6.45) is 0.968. The van der Waals surface area contributed by atoms with Gasteiger partial charge < -0.3 is 0 Å². The van der Waals surface area contributed by atoms with Crippen molar-refractivity contribution in [2.75, 3.05) is 18.0 Å². The van der Waals surface area contributed by atoms with E-state index in [-0.39, 0.29) is 0 Å². The van der Waals surface area contributed by atoms with Crippen LogP contribution in [-0.2, 0) is 4.79 Å². The van der Waals surface area contributed by atoms with Crippen LogP contribution in [0, 0.1) is 13.8 Å². The number of anilines is 1. The molecule has 6 heteroatoms. The van der Waals surface area contributed by atoms with Crippen molar-refractivity contribution in [3.8, 4) is 0 Å². The molecule has 2 aliphatic rings. The highest BCUT2D eigenvalue weighted by molar-refractivity contribution is 6.36. The van der Waals surface area contributed by atoms with Gasteiger partial charge in [0.25, 0.3) is 5.91 Å². The molecule has 0 N–H and O–H groups in total. The molecule has 1 aromatic carbocycles. The van der Waals surface area contributed by atoms with E-state index < -0.39 is 11.9 Å². The second-order valence-electron chi connectivity index (χ2n) is 4.86. The third kappa shape index (κ3) is 1.89. The van der Waals surface area contributed by atoms with Gasteiger partial charge in [0.1, 0.15) is 0 Å². The summed E-state index contributed by atoms with van der Waals surface area (Å²) in [4.78, 5) is 19.1. The number of hydrogen-bond acceptors (Lipinski definition) is 3. The minimum absolute atomic E-state index is 0.306. The van der Waals surface area contributed by atoms with Crippen LogP contribution in [0.15, 0.2) is 29.2 Å². The number of carbonyl (C=O) groups is 1. The van der Waals surface area contributed by atoms with Gasteiger partial charge in [0.2, 0.25) is 11.9 Å². The third-order valence-electron chi connectivity index (χ3n) is 3.54. The zero-order valence-corrected chi connectivity index (χ0v) is 11.9. The molecule has 0 atom stereocenters. The maximum absolute atomic E-state index is 13.7. The van der Waals surface area contributed by atoms with Crippen molar-refractivity contribution < 1.29 is 9.18 Å². The van der Waals surface area contributed by atoms with E-state index in [1.807, 2.05) is 19.9 Å². The maximum Gasteiger partial charge on any atom is 0.262 e. The molecule has 0 aromatic heterocycles. The standard InChI is InChI=1S/C14H13ClFN3O/c1-8-5-10(15)11(6-9(8)2)19-13(20)7-12(16)18-4-3-17-14(18)19/h5-7H,3-4H2,1-2H3. The molecule has 0 unspecified atom stereocenters. The molecule has 0 spiro atoms. The number of carbonyl (C=O) groups excluding carboxylic acids is 1. The van der Waals surface area contributed by atoms with Crippen molar-refractivity contribution in [1.29, 1.82) is 0 Å². The predicted molar refractivity (Wildman–Crippen MR) is 76.6 cm³/mol. The fourth-order valence-corrected chi connectivity index (χ4v) is 2.64. The quantitative estimate of drug-likeness (QED) is 0.747. The van der Waals surface area contributed by atoms with Gasteiger partial charge in [0.15, 0.2) is 0 Å². The highest BCUT2D eigenvalue weighted by atomic mass is 35.5. The van der Waals surface area contributed by atoms with Gasteiger partial charge >= 0.3 is 0 Å². The third-order valence-corrected chi connectivity index (χ3v) is 3.85. The molecule has 104 valence electrons. The average molecular weight is 294 g/mol. The Morgan fingerprint density at radius 1 is 1.30 bits per heavy atom. The van der Waals surface area contributed by atoms with E-state index in [0.29, 0.717) is 29.8 Å². The first-order valence-corrected chi connectivity index (χ1v) is 6.67. The number of fused-ring (bicyclic) bond motifs is 1. The molecule has 2 heterocycles. The normalized spacial score (nSPS) is 18.1. The van der Waals surface area contributed by atoms with E-state index >= 15 is 0 Å². The van der Waals surface area contributed by atoms with E-state index in [4.69, 9.17) is 11.6 Å². The minimum Gasteiger partial charge on any atom is -0.286 e. The number of guanidine groups is 1. The highest BCUT2D eigenvalue weighted by Crippen LogP contribution is 2.33. The first-order valence-electron chi connectivity index (χ1n) is 6.29. The Bertz CT molecular complexity index is 669. The van der Waals surface area contributed by atoms with Crippen molar-refractivity contribution in [3.63, 3.8) is 0 Å². The second kappa shape index (κ2) is 4.59. The maximum atomic E-state index is 13.7. The lowest BCUT2D eigenvalue weighted by Gasteiger charge is -2.32. The van der Waals surface area contributed by atoms with Gasteiger partial charge in [-0.25, -0.2) is 4.90 Å². The van der Waals surface area contributed by atoms with Crippen molar-refractivity contribution in [1.82, 2.24) is 4.90 Å². The Morgan fingerprint density at radius 2 is 2.00 bits per heavy atom. The summed E-state index contributed by atoms with van der Waals surface area (Å²) in [7, 11) is 0. The number of benzene rings is 1. The summed E-state index contributed by atoms with van der Waals surface area (Å²) in [6, 6.07) is 3.62. The lowest BCUT2D eigenvalue weighted by Crippen LogP contribution is -2.48. The fourth-order valence-electron chi connectivity index (χ4n) is 2.34. The Hall–Kier alpha value is -1.88. The monoisotopic (exact) mass is 293 g/mol. The lowest BCUT2D eigenvalue weighted by molar-refractivity contribution is -0.113. The molecule has 0 bridgehead atoms. The molecule has 2 aliphatic heterocycles. The van der Waals surface area contributed by atoms with Crippen LogP contribution in [0.2, 0.25) is 5.02 Å². The summed E-state index contributed by atoms with van der Waals surface area (Å²) in [5.41, 5.74) is 2.58.